The van der Waals surface area contributed by atoms with Gasteiger partial charge in [0.2, 0.25) is 5.96 Å². The summed E-state index contributed by atoms with van der Waals surface area (Å²) in [7, 11) is 0. The monoisotopic (exact) mass is 407 g/mol. The molecule has 0 atom stereocenters. The van der Waals surface area contributed by atoms with Crippen molar-refractivity contribution >= 4 is 11.9 Å². The van der Waals surface area contributed by atoms with Gasteiger partial charge in [-0.05, 0) is 23.5 Å². The van der Waals surface area contributed by atoms with Crippen molar-refractivity contribution in [3.63, 3.8) is 0 Å². The van der Waals surface area contributed by atoms with E-state index in [-0.39, 0.29) is 5.91 Å². The number of amides is 1. The summed E-state index contributed by atoms with van der Waals surface area (Å²) < 4.78 is 0. The number of carbonyl (C=O) groups excluding carboxylic acids is 1. The fourth-order valence-corrected chi connectivity index (χ4v) is 5.53. The lowest BCUT2D eigenvalue weighted by atomic mass is 9.99. The highest BCUT2D eigenvalue weighted by atomic mass is 16.2. The maximum Gasteiger partial charge on any atom is 0.259 e. The Morgan fingerprint density at radius 3 is 2.80 bits per heavy atom. The van der Waals surface area contributed by atoms with Crippen molar-refractivity contribution in [2.45, 2.75) is 51.6 Å². The van der Waals surface area contributed by atoms with Crippen molar-refractivity contribution in [2.24, 2.45) is 16.6 Å². The molecule has 1 aromatic carbocycles. The minimum absolute atomic E-state index is 0.195. The van der Waals surface area contributed by atoms with Crippen molar-refractivity contribution in [3.8, 4) is 0 Å². The first-order valence-corrected chi connectivity index (χ1v) is 11.6. The molecule has 5 rings (SSSR count). The van der Waals surface area contributed by atoms with E-state index in [1.54, 1.807) is 0 Å². The predicted octanol–water partition coefficient (Wildman–Crippen LogP) is 2.70. The molecule has 30 heavy (non-hydrogen) atoms. The maximum absolute atomic E-state index is 13.5. The van der Waals surface area contributed by atoms with Crippen molar-refractivity contribution in [2.75, 3.05) is 32.7 Å². The number of fused-ring (bicyclic) bond motifs is 2. The molecule has 1 fully saturated rings. The van der Waals surface area contributed by atoms with Gasteiger partial charge >= 0.3 is 0 Å². The Morgan fingerprint density at radius 2 is 1.97 bits per heavy atom. The summed E-state index contributed by atoms with van der Waals surface area (Å²) >= 11 is 0. The topological polar surface area (TPSA) is 65.2 Å². The normalized spacial score (nSPS) is 22.6. The molecule has 1 aliphatic carbocycles. The van der Waals surface area contributed by atoms with Crippen molar-refractivity contribution in [3.05, 3.63) is 46.7 Å². The Kier molecular flexibility index (Phi) is 5.61. The second-order valence-electron chi connectivity index (χ2n) is 9.14. The number of hydrogen-bond acceptors (Lipinski definition) is 5. The average Bonchev–Trinajstić information content (AvgIpc) is 3.46. The summed E-state index contributed by atoms with van der Waals surface area (Å²) in [6, 6.07) is 8.49. The van der Waals surface area contributed by atoms with Crippen LogP contribution in [-0.2, 0) is 17.9 Å². The van der Waals surface area contributed by atoms with Crippen LogP contribution in [0.25, 0.3) is 0 Å². The number of rotatable bonds is 6. The van der Waals surface area contributed by atoms with Gasteiger partial charge in [-0.2, -0.15) is 0 Å². The zero-order valence-corrected chi connectivity index (χ0v) is 17.9. The van der Waals surface area contributed by atoms with Gasteiger partial charge in [-0.15, -0.1) is 0 Å². The lowest BCUT2D eigenvalue weighted by molar-refractivity contribution is -0.125. The molecule has 1 amide bonds. The largest absolute Gasteiger partial charge is 0.326 e. The molecule has 0 radical (unpaired) electrons. The van der Waals surface area contributed by atoms with Crippen LogP contribution in [0.4, 0.5) is 0 Å². The van der Waals surface area contributed by atoms with Gasteiger partial charge in [0.05, 0.1) is 12.1 Å². The molecule has 0 spiro atoms. The number of nitrogens with two attached hydrogens (primary N) is 1. The Morgan fingerprint density at radius 1 is 1.13 bits per heavy atom. The van der Waals surface area contributed by atoms with Gasteiger partial charge in [0.1, 0.15) is 0 Å². The van der Waals surface area contributed by atoms with Gasteiger partial charge < -0.3 is 10.6 Å². The molecular formula is C24H33N5O. The molecule has 2 N–H and O–H groups in total. The summed E-state index contributed by atoms with van der Waals surface area (Å²) in [4.78, 5) is 25.0. The number of carbonyl (C=O) groups is 1. The Labute approximate surface area is 179 Å². The molecule has 6 nitrogen and oxygen atoms in total. The van der Waals surface area contributed by atoms with Crippen LogP contribution in [0.15, 0.2) is 40.5 Å². The van der Waals surface area contributed by atoms with Crippen LogP contribution in [0.1, 0.15) is 49.7 Å². The lowest BCUT2D eigenvalue weighted by Gasteiger charge is -2.42. The number of guanidine groups is 1. The van der Waals surface area contributed by atoms with Crippen LogP contribution in [0.3, 0.4) is 0 Å². The van der Waals surface area contributed by atoms with Gasteiger partial charge in [-0.25, -0.2) is 0 Å². The smallest absolute Gasteiger partial charge is 0.259 e. The molecule has 4 aliphatic rings. The Balaban J connectivity index is 1.32. The van der Waals surface area contributed by atoms with Crippen LogP contribution in [0.5, 0.6) is 0 Å². The van der Waals surface area contributed by atoms with Gasteiger partial charge in [0.25, 0.3) is 5.91 Å². The first-order valence-electron chi connectivity index (χ1n) is 11.6. The van der Waals surface area contributed by atoms with Crippen LogP contribution in [0.2, 0.25) is 0 Å². The van der Waals surface area contributed by atoms with E-state index >= 15 is 0 Å². The standard InChI is InChI=1S/C24H33N5O/c25-15-19-6-3-7-20(14-19)16-27-11-9-22-21(17-27)23(30)29(24-26-10-13-28(22)24)12-8-18-4-1-2-5-18/h3,6-7,14,18H,1-2,4-5,8-13,15-17,25H2. The third kappa shape index (κ3) is 3.79. The third-order valence-electron chi connectivity index (χ3n) is 7.15. The van der Waals surface area contributed by atoms with Crippen molar-refractivity contribution in [1.29, 1.82) is 0 Å². The van der Waals surface area contributed by atoms with E-state index in [0.29, 0.717) is 6.54 Å². The molecule has 3 aliphatic heterocycles. The first-order chi connectivity index (χ1) is 14.7. The molecule has 1 saturated carbocycles. The van der Waals surface area contributed by atoms with Crippen LogP contribution < -0.4 is 5.73 Å². The summed E-state index contributed by atoms with van der Waals surface area (Å²) in [5, 5.41) is 0. The molecule has 0 unspecified atom stereocenters. The predicted molar refractivity (Wildman–Crippen MR) is 119 cm³/mol. The van der Waals surface area contributed by atoms with E-state index in [2.05, 4.69) is 34.1 Å². The molecule has 1 aromatic rings. The quantitative estimate of drug-likeness (QED) is 0.787. The lowest BCUT2D eigenvalue weighted by Crippen LogP contribution is -2.54. The van der Waals surface area contributed by atoms with Crippen molar-refractivity contribution < 1.29 is 4.79 Å². The minimum Gasteiger partial charge on any atom is -0.326 e. The molecule has 3 heterocycles. The number of benzene rings is 1. The highest BCUT2D eigenvalue weighted by Crippen LogP contribution is 2.33. The van der Waals surface area contributed by atoms with Crippen molar-refractivity contribution in [1.82, 2.24) is 14.7 Å². The van der Waals surface area contributed by atoms with Gasteiger partial charge in [-0.1, -0.05) is 49.9 Å². The van der Waals surface area contributed by atoms with Gasteiger partial charge in [-0.3, -0.25) is 19.6 Å². The average molecular weight is 408 g/mol. The SMILES string of the molecule is NCc1cccc(CN2CCC3=C(C2)C(=O)N(CCC2CCCC2)C2=NCCN23)c1. The van der Waals surface area contributed by atoms with Gasteiger partial charge in [0.15, 0.2) is 0 Å². The van der Waals surface area contributed by atoms with Crippen LogP contribution in [0, 0.1) is 5.92 Å². The van der Waals surface area contributed by atoms with E-state index in [9.17, 15) is 4.79 Å². The molecule has 160 valence electrons. The van der Waals surface area contributed by atoms with E-state index in [1.807, 2.05) is 4.90 Å². The Bertz CT molecular complexity index is 870. The first kappa shape index (κ1) is 19.8. The molecule has 6 heteroatoms. The number of hydrogen-bond donors (Lipinski definition) is 1. The summed E-state index contributed by atoms with van der Waals surface area (Å²) in [5.74, 6) is 1.89. The van der Waals surface area contributed by atoms with Gasteiger partial charge in [0, 0.05) is 51.4 Å². The summed E-state index contributed by atoms with van der Waals surface area (Å²) in [5.41, 5.74) is 10.5. The summed E-state index contributed by atoms with van der Waals surface area (Å²) in [6.07, 6.45) is 7.37. The summed E-state index contributed by atoms with van der Waals surface area (Å²) in [6.45, 7) is 5.66. The fourth-order valence-electron chi connectivity index (χ4n) is 5.53. The number of aliphatic imine (C=N–C) groups is 1. The van der Waals surface area contributed by atoms with E-state index in [4.69, 9.17) is 10.7 Å². The zero-order chi connectivity index (χ0) is 20.5. The maximum atomic E-state index is 13.5. The minimum atomic E-state index is 0.195. The van der Waals surface area contributed by atoms with Crippen LogP contribution >= 0.6 is 0 Å². The fraction of sp³-hybridized carbons (Fsp3) is 0.583. The molecule has 0 bridgehead atoms. The highest BCUT2D eigenvalue weighted by molar-refractivity contribution is 6.09. The molecular weight excluding hydrogens is 374 g/mol. The molecule has 0 aromatic heterocycles. The third-order valence-corrected chi connectivity index (χ3v) is 7.15. The number of nitrogens with zero attached hydrogens (tertiary/aromatic N) is 4. The second kappa shape index (κ2) is 8.52. The zero-order valence-electron chi connectivity index (χ0n) is 17.9. The van der Waals surface area contributed by atoms with E-state index < -0.39 is 0 Å². The molecule has 0 saturated heterocycles. The van der Waals surface area contributed by atoms with E-state index in [1.165, 1.54) is 36.9 Å². The second-order valence-corrected chi connectivity index (χ2v) is 9.14. The Hall–Kier alpha value is -2.18. The van der Waals surface area contributed by atoms with E-state index in [0.717, 1.165) is 75.1 Å². The van der Waals surface area contributed by atoms with Crippen LogP contribution in [-0.4, -0.2) is 59.3 Å². The highest BCUT2D eigenvalue weighted by Gasteiger charge is 2.41.